The molecule has 22 heavy (non-hydrogen) atoms. The Morgan fingerprint density at radius 3 is 3.14 bits per heavy atom. The maximum Gasteiger partial charge on any atom is 0.201 e. The highest BCUT2D eigenvalue weighted by Crippen LogP contribution is 2.17. The van der Waals surface area contributed by atoms with Gasteiger partial charge in [0.2, 0.25) is 5.82 Å². The van der Waals surface area contributed by atoms with Crippen molar-refractivity contribution in [2.45, 2.75) is 12.8 Å². The van der Waals surface area contributed by atoms with Gasteiger partial charge in [-0.05, 0) is 30.2 Å². The van der Waals surface area contributed by atoms with Crippen LogP contribution in [0.3, 0.4) is 0 Å². The lowest BCUT2D eigenvalue weighted by Gasteiger charge is -2.25. The van der Waals surface area contributed by atoms with E-state index in [1.54, 1.807) is 12.1 Å². The smallest absolute Gasteiger partial charge is 0.201 e. The number of benzene rings is 1. The first kappa shape index (κ1) is 14.6. The summed E-state index contributed by atoms with van der Waals surface area (Å²) in [7, 11) is 0. The highest BCUT2D eigenvalue weighted by molar-refractivity contribution is 5.61. The average molecular weight is 303 g/mol. The Bertz CT molecular complexity index is 629. The summed E-state index contributed by atoms with van der Waals surface area (Å²) in [5.41, 5.74) is 1.10. The molecule has 1 aromatic heterocycles. The molecule has 0 atom stereocenters. The summed E-state index contributed by atoms with van der Waals surface area (Å²) in [5, 5.41) is 14.1. The second-order valence-electron chi connectivity index (χ2n) is 5.19. The zero-order valence-electron chi connectivity index (χ0n) is 12.2. The van der Waals surface area contributed by atoms with E-state index in [1.807, 2.05) is 0 Å². The normalized spacial score (nSPS) is 15.6. The van der Waals surface area contributed by atoms with Gasteiger partial charge in [-0.25, -0.2) is 4.39 Å². The van der Waals surface area contributed by atoms with Gasteiger partial charge in [0, 0.05) is 31.3 Å². The Hall–Kier alpha value is -2.28. The third-order valence-electron chi connectivity index (χ3n) is 3.55. The Morgan fingerprint density at radius 1 is 1.36 bits per heavy atom. The number of ether oxygens (including phenoxy) is 1. The Balaban J connectivity index is 1.42. The Kier molecular flexibility index (Phi) is 4.75. The van der Waals surface area contributed by atoms with Crippen LogP contribution in [0.25, 0.3) is 5.57 Å². The largest absolute Gasteiger partial charge is 0.493 e. The fourth-order valence-electron chi connectivity index (χ4n) is 2.49. The van der Waals surface area contributed by atoms with E-state index in [-0.39, 0.29) is 5.82 Å². The quantitative estimate of drug-likeness (QED) is 0.826. The molecule has 0 fully saturated rings. The molecule has 2 aromatic rings. The lowest BCUT2D eigenvalue weighted by molar-refractivity contribution is 0.249. The number of hydrogen-bond donors (Lipinski definition) is 1. The molecule has 116 valence electrons. The summed E-state index contributed by atoms with van der Waals surface area (Å²) < 4.78 is 18.6. The number of H-pyrrole nitrogens is 1. The molecule has 1 aromatic carbocycles. The van der Waals surface area contributed by atoms with Gasteiger partial charge in [0.15, 0.2) is 0 Å². The van der Waals surface area contributed by atoms with Crippen molar-refractivity contribution in [3.8, 4) is 5.75 Å². The van der Waals surface area contributed by atoms with E-state index >= 15 is 0 Å². The minimum atomic E-state index is -0.275. The molecule has 0 bridgehead atoms. The summed E-state index contributed by atoms with van der Waals surface area (Å²) >= 11 is 0. The molecule has 0 unspecified atom stereocenters. The molecule has 0 spiro atoms. The predicted molar refractivity (Wildman–Crippen MR) is 79.7 cm³/mol. The number of nitrogens with zero attached hydrogens (tertiary/aromatic N) is 4. The second kappa shape index (κ2) is 7.13. The van der Waals surface area contributed by atoms with Crippen molar-refractivity contribution in [2.24, 2.45) is 0 Å². The molecule has 1 aliphatic heterocycles. The Labute approximate surface area is 128 Å². The van der Waals surface area contributed by atoms with Gasteiger partial charge in [-0.2, -0.15) is 5.21 Å². The highest BCUT2D eigenvalue weighted by atomic mass is 19.1. The van der Waals surface area contributed by atoms with Gasteiger partial charge in [0.05, 0.1) is 6.61 Å². The molecule has 3 rings (SSSR count). The summed E-state index contributed by atoms with van der Waals surface area (Å²) in [6, 6.07) is 6.22. The second-order valence-corrected chi connectivity index (χ2v) is 5.19. The first-order chi connectivity index (χ1) is 10.8. The van der Waals surface area contributed by atoms with Gasteiger partial charge in [-0.3, -0.25) is 4.90 Å². The van der Waals surface area contributed by atoms with E-state index in [0.717, 1.165) is 38.0 Å². The molecule has 1 N–H and O–H groups in total. The van der Waals surface area contributed by atoms with Crippen LogP contribution in [0.1, 0.15) is 18.7 Å². The summed E-state index contributed by atoms with van der Waals surface area (Å²) in [6.07, 6.45) is 4.02. The molecule has 0 aliphatic carbocycles. The van der Waals surface area contributed by atoms with Crippen LogP contribution in [0.4, 0.5) is 4.39 Å². The van der Waals surface area contributed by atoms with Crippen molar-refractivity contribution in [2.75, 3.05) is 26.2 Å². The van der Waals surface area contributed by atoms with Crippen molar-refractivity contribution in [3.05, 3.63) is 42.0 Å². The van der Waals surface area contributed by atoms with Gasteiger partial charge in [0.1, 0.15) is 11.6 Å². The fourth-order valence-corrected chi connectivity index (χ4v) is 2.49. The van der Waals surface area contributed by atoms with E-state index < -0.39 is 0 Å². The number of rotatable bonds is 6. The van der Waals surface area contributed by atoms with Crippen molar-refractivity contribution >= 4 is 5.57 Å². The molecule has 7 heteroatoms. The van der Waals surface area contributed by atoms with E-state index in [4.69, 9.17) is 4.74 Å². The average Bonchev–Trinajstić information content (AvgIpc) is 3.06. The molecule has 2 heterocycles. The van der Waals surface area contributed by atoms with Crippen LogP contribution in [0, 0.1) is 5.82 Å². The van der Waals surface area contributed by atoms with Gasteiger partial charge in [-0.15, -0.1) is 10.2 Å². The lowest BCUT2D eigenvalue weighted by atomic mass is 10.1. The maximum absolute atomic E-state index is 13.0. The molecule has 1 aliphatic rings. The minimum Gasteiger partial charge on any atom is -0.493 e. The van der Waals surface area contributed by atoms with Crippen LogP contribution < -0.4 is 4.74 Å². The van der Waals surface area contributed by atoms with Crippen LogP contribution in [-0.2, 0) is 0 Å². The van der Waals surface area contributed by atoms with Crippen molar-refractivity contribution < 1.29 is 9.13 Å². The predicted octanol–water partition coefficient (Wildman–Crippen LogP) is 1.90. The number of tetrazole rings is 1. The van der Waals surface area contributed by atoms with E-state index in [0.29, 0.717) is 18.2 Å². The summed E-state index contributed by atoms with van der Waals surface area (Å²) in [5.74, 6) is 0.968. The molecular formula is C15H18FN5O. The molecule has 0 amide bonds. The number of aromatic nitrogens is 4. The fraction of sp³-hybridized carbons (Fsp3) is 0.400. The minimum absolute atomic E-state index is 0.275. The SMILES string of the molecule is Fc1cccc(OCCCN2CCC=C(c3nn[nH]n3)C2)c1. The number of aromatic amines is 1. The van der Waals surface area contributed by atoms with Gasteiger partial charge in [-0.1, -0.05) is 12.1 Å². The highest BCUT2D eigenvalue weighted by Gasteiger charge is 2.16. The van der Waals surface area contributed by atoms with Gasteiger partial charge >= 0.3 is 0 Å². The van der Waals surface area contributed by atoms with Crippen molar-refractivity contribution in [1.29, 1.82) is 0 Å². The topological polar surface area (TPSA) is 66.9 Å². The summed E-state index contributed by atoms with van der Waals surface area (Å²) in [6.45, 7) is 3.33. The van der Waals surface area contributed by atoms with Crippen LogP contribution in [-0.4, -0.2) is 51.8 Å². The standard InChI is InChI=1S/C15H18FN5O/c16-13-5-1-6-14(10-13)22-9-3-8-21-7-2-4-12(11-21)15-17-19-20-18-15/h1,4-6,10H,2-3,7-9,11H2,(H,17,18,19,20). The molecule has 6 nitrogen and oxygen atoms in total. The molecular weight excluding hydrogens is 285 g/mol. The van der Waals surface area contributed by atoms with Crippen LogP contribution in [0.15, 0.2) is 30.3 Å². The molecule has 0 saturated heterocycles. The van der Waals surface area contributed by atoms with Gasteiger partial charge in [0.25, 0.3) is 0 Å². The number of hydrogen-bond acceptors (Lipinski definition) is 5. The maximum atomic E-state index is 13.0. The van der Waals surface area contributed by atoms with Crippen LogP contribution >= 0.6 is 0 Å². The third-order valence-corrected chi connectivity index (χ3v) is 3.55. The Morgan fingerprint density at radius 2 is 2.32 bits per heavy atom. The lowest BCUT2D eigenvalue weighted by Crippen LogP contribution is -2.31. The summed E-state index contributed by atoms with van der Waals surface area (Å²) in [4.78, 5) is 2.33. The van der Waals surface area contributed by atoms with Gasteiger partial charge < -0.3 is 4.74 Å². The van der Waals surface area contributed by atoms with E-state index in [2.05, 4.69) is 31.6 Å². The first-order valence-electron chi connectivity index (χ1n) is 7.35. The number of halogens is 1. The van der Waals surface area contributed by atoms with Crippen molar-refractivity contribution in [3.63, 3.8) is 0 Å². The third kappa shape index (κ3) is 3.88. The van der Waals surface area contributed by atoms with E-state index in [9.17, 15) is 4.39 Å². The zero-order chi connectivity index (χ0) is 15.2. The van der Waals surface area contributed by atoms with Crippen molar-refractivity contribution in [1.82, 2.24) is 25.5 Å². The molecule has 0 radical (unpaired) electrons. The zero-order valence-corrected chi connectivity index (χ0v) is 12.2. The van der Waals surface area contributed by atoms with E-state index in [1.165, 1.54) is 12.1 Å². The first-order valence-corrected chi connectivity index (χ1v) is 7.35. The monoisotopic (exact) mass is 303 g/mol. The van der Waals surface area contributed by atoms with Crippen LogP contribution in [0.2, 0.25) is 0 Å². The number of nitrogens with one attached hydrogen (secondary N) is 1. The van der Waals surface area contributed by atoms with Crippen LogP contribution in [0.5, 0.6) is 5.75 Å². The molecule has 0 saturated carbocycles.